The van der Waals surface area contributed by atoms with Gasteiger partial charge in [0.05, 0.1) is 29.7 Å². The van der Waals surface area contributed by atoms with E-state index in [0.717, 1.165) is 25.0 Å². The molecule has 3 fully saturated rings. The van der Waals surface area contributed by atoms with E-state index < -0.39 is 5.97 Å². The number of esters is 1. The van der Waals surface area contributed by atoms with Crippen molar-refractivity contribution in [2.24, 2.45) is 35.5 Å². The first-order valence-electron chi connectivity index (χ1n) is 12.2. The Bertz CT molecular complexity index is 1150. The molecule has 174 valence electrons. The Balaban J connectivity index is 1.17. The van der Waals surface area contributed by atoms with Crippen LogP contribution in [-0.2, 0) is 9.59 Å². The van der Waals surface area contributed by atoms with Crippen molar-refractivity contribution in [3.8, 4) is 11.5 Å². The SMILES string of the molecule is CCCCOc1ccc(OC(=O)c2cccc(N3C(=O)[C@@H]4[C@H]5C=C[C@@H]([C@@H]6C[C@H]56)[C@@H]4C3=O)c2)cc1. The van der Waals surface area contributed by atoms with E-state index >= 15 is 0 Å². The van der Waals surface area contributed by atoms with Crippen LogP contribution in [0.4, 0.5) is 5.69 Å². The molecule has 4 aliphatic carbocycles. The molecule has 6 nitrogen and oxygen atoms in total. The Morgan fingerprint density at radius 1 is 0.941 bits per heavy atom. The molecule has 1 heterocycles. The highest BCUT2D eigenvalue weighted by Crippen LogP contribution is 2.65. The summed E-state index contributed by atoms with van der Waals surface area (Å²) in [5.41, 5.74) is 0.729. The number of ether oxygens (including phenoxy) is 2. The van der Waals surface area contributed by atoms with E-state index in [-0.39, 0.29) is 35.5 Å². The molecule has 2 saturated carbocycles. The second kappa shape index (κ2) is 8.12. The largest absolute Gasteiger partial charge is 0.494 e. The maximum Gasteiger partial charge on any atom is 0.343 e. The molecule has 0 aromatic heterocycles. The van der Waals surface area contributed by atoms with E-state index in [2.05, 4.69) is 19.1 Å². The summed E-state index contributed by atoms with van der Waals surface area (Å²) < 4.78 is 11.2. The van der Waals surface area contributed by atoms with Gasteiger partial charge in [-0.25, -0.2) is 9.69 Å². The number of benzene rings is 2. The third-order valence-corrected chi connectivity index (χ3v) is 7.80. The van der Waals surface area contributed by atoms with E-state index in [1.165, 1.54) is 4.90 Å². The quantitative estimate of drug-likeness (QED) is 0.199. The number of unbranched alkanes of at least 4 members (excludes halogenated alkanes) is 1. The molecular weight excluding hydrogens is 430 g/mol. The van der Waals surface area contributed by atoms with Crippen LogP contribution in [-0.4, -0.2) is 24.4 Å². The van der Waals surface area contributed by atoms with Gasteiger partial charge in [0.15, 0.2) is 0 Å². The summed E-state index contributed by atoms with van der Waals surface area (Å²) in [4.78, 5) is 40.8. The highest BCUT2D eigenvalue weighted by atomic mass is 16.5. The van der Waals surface area contributed by atoms with Crippen molar-refractivity contribution < 1.29 is 23.9 Å². The van der Waals surface area contributed by atoms with Gasteiger partial charge in [-0.05, 0) is 79.0 Å². The predicted octanol–water partition coefficient (Wildman–Crippen LogP) is 4.64. The molecule has 0 spiro atoms. The normalized spacial score (nSPS) is 30.2. The van der Waals surface area contributed by atoms with E-state index in [4.69, 9.17) is 9.47 Å². The molecule has 6 heteroatoms. The summed E-state index contributed by atoms with van der Waals surface area (Å²) in [6.45, 7) is 2.75. The lowest BCUT2D eigenvalue weighted by Gasteiger charge is -2.37. The molecule has 1 saturated heterocycles. The van der Waals surface area contributed by atoms with Crippen molar-refractivity contribution in [1.82, 2.24) is 0 Å². The van der Waals surface area contributed by atoms with Crippen LogP contribution in [0.5, 0.6) is 11.5 Å². The highest BCUT2D eigenvalue weighted by molar-refractivity contribution is 6.23. The van der Waals surface area contributed by atoms with Crippen LogP contribution in [0.25, 0.3) is 0 Å². The van der Waals surface area contributed by atoms with Gasteiger partial charge in [0.1, 0.15) is 11.5 Å². The van der Waals surface area contributed by atoms with Gasteiger partial charge in [0.2, 0.25) is 11.8 Å². The maximum atomic E-state index is 13.3. The smallest absolute Gasteiger partial charge is 0.343 e. The minimum Gasteiger partial charge on any atom is -0.494 e. The van der Waals surface area contributed by atoms with Crippen molar-refractivity contribution >= 4 is 23.5 Å². The summed E-state index contributed by atoms with van der Waals surface area (Å²) in [6.07, 6.45) is 7.48. The third kappa shape index (κ3) is 3.35. The zero-order chi connectivity index (χ0) is 23.4. The van der Waals surface area contributed by atoms with E-state index in [1.807, 2.05) is 0 Å². The molecule has 2 bridgehead atoms. The van der Waals surface area contributed by atoms with Crippen LogP contribution in [0.15, 0.2) is 60.7 Å². The van der Waals surface area contributed by atoms with Crippen LogP contribution in [0.3, 0.4) is 0 Å². The molecule has 2 amide bonds. The molecule has 0 radical (unpaired) electrons. The van der Waals surface area contributed by atoms with Gasteiger partial charge in [0, 0.05) is 0 Å². The first-order valence-corrected chi connectivity index (χ1v) is 12.2. The van der Waals surface area contributed by atoms with Gasteiger partial charge < -0.3 is 9.47 Å². The standard InChI is InChI=1S/C28H27NO5/c1-2-3-13-33-18-7-9-19(10-8-18)34-28(32)16-5-4-6-17(14-16)29-26(30)24-20-11-12-21(23-15-22(20)23)25(24)27(29)31/h4-12,14,20-25H,2-3,13,15H2,1H3/t20-,21-,22-,23+,24-,25+/m0/s1. The Kier molecular flexibility index (Phi) is 5.05. The second-order valence-corrected chi connectivity index (χ2v) is 9.78. The fraction of sp³-hybridized carbons (Fsp3) is 0.393. The molecule has 1 aliphatic heterocycles. The van der Waals surface area contributed by atoms with Gasteiger partial charge in [-0.15, -0.1) is 0 Å². The Morgan fingerprint density at radius 3 is 2.24 bits per heavy atom. The predicted molar refractivity (Wildman–Crippen MR) is 125 cm³/mol. The fourth-order valence-electron chi connectivity index (χ4n) is 6.09. The summed E-state index contributed by atoms with van der Waals surface area (Å²) >= 11 is 0. The van der Waals surface area contributed by atoms with E-state index in [1.54, 1.807) is 48.5 Å². The lowest BCUT2D eigenvalue weighted by molar-refractivity contribution is -0.124. The number of anilines is 1. The number of amides is 2. The summed E-state index contributed by atoms with van der Waals surface area (Å²) in [6, 6.07) is 13.5. The number of imide groups is 1. The van der Waals surface area contributed by atoms with Crippen molar-refractivity contribution in [3.05, 3.63) is 66.2 Å². The summed E-state index contributed by atoms with van der Waals surface area (Å²) in [5.74, 6) is 1.24. The topological polar surface area (TPSA) is 72.9 Å². The average Bonchev–Trinajstić information content (AvgIpc) is 3.63. The zero-order valence-electron chi connectivity index (χ0n) is 19.1. The number of hydrogen-bond acceptors (Lipinski definition) is 5. The maximum absolute atomic E-state index is 13.3. The molecule has 7 rings (SSSR count). The molecule has 0 unspecified atom stereocenters. The minimum absolute atomic E-state index is 0.135. The lowest BCUT2D eigenvalue weighted by atomic mass is 9.63. The van der Waals surface area contributed by atoms with Crippen LogP contribution in [0.1, 0.15) is 36.5 Å². The van der Waals surface area contributed by atoms with Crippen molar-refractivity contribution in [1.29, 1.82) is 0 Å². The van der Waals surface area contributed by atoms with Gasteiger partial charge >= 0.3 is 5.97 Å². The number of nitrogens with zero attached hydrogens (tertiary/aromatic N) is 1. The fourth-order valence-corrected chi connectivity index (χ4v) is 6.09. The van der Waals surface area contributed by atoms with Gasteiger partial charge in [-0.1, -0.05) is 31.6 Å². The molecule has 6 atom stereocenters. The van der Waals surface area contributed by atoms with Crippen LogP contribution >= 0.6 is 0 Å². The van der Waals surface area contributed by atoms with Crippen LogP contribution in [0, 0.1) is 35.5 Å². The molecule has 2 aromatic rings. The second-order valence-electron chi connectivity index (χ2n) is 9.78. The Labute approximate surface area is 198 Å². The minimum atomic E-state index is -0.541. The molecule has 5 aliphatic rings. The number of hydrogen-bond donors (Lipinski definition) is 0. The van der Waals surface area contributed by atoms with E-state index in [9.17, 15) is 14.4 Å². The van der Waals surface area contributed by atoms with E-state index in [0.29, 0.717) is 35.4 Å². The molecule has 34 heavy (non-hydrogen) atoms. The van der Waals surface area contributed by atoms with Crippen LogP contribution in [0.2, 0.25) is 0 Å². The van der Waals surface area contributed by atoms with Gasteiger partial charge in [0.25, 0.3) is 0 Å². The first-order chi connectivity index (χ1) is 16.6. The molecular formula is C28H27NO5. The molecule has 2 aromatic carbocycles. The lowest BCUT2D eigenvalue weighted by Crippen LogP contribution is -2.40. The van der Waals surface area contributed by atoms with Crippen molar-refractivity contribution in [2.75, 3.05) is 11.5 Å². The van der Waals surface area contributed by atoms with Gasteiger partial charge in [-0.3, -0.25) is 9.59 Å². The zero-order valence-corrected chi connectivity index (χ0v) is 19.1. The number of allylic oxidation sites excluding steroid dienone is 2. The first kappa shape index (κ1) is 21.1. The highest BCUT2D eigenvalue weighted by Gasteiger charge is 2.67. The van der Waals surface area contributed by atoms with Crippen LogP contribution < -0.4 is 14.4 Å². The monoisotopic (exact) mass is 457 g/mol. The van der Waals surface area contributed by atoms with Crippen molar-refractivity contribution in [3.63, 3.8) is 0 Å². The van der Waals surface area contributed by atoms with Gasteiger partial charge in [-0.2, -0.15) is 0 Å². The number of rotatable bonds is 7. The summed E-state index contributed by atoms with van der Waals surface area (Å²) in [5, 5.41) is 0. The Morgan fingerprint density at radius 2 is 1.59 bits per heavy atom. The molecule has 0 N–H and O–H groups in total. The number of carbonyl (C=O) groups is 3. The Hall–Kier alpha value is -3.41. The average molecular weight is 458 g/mol. The third-order valence-electron chi connectivity index (χ3n) is 7.80. The van der Waals surface area contributed by atoms with Crippen molar-refractivity contribution in [2.45, 2.75) is 26.2 Å². The number of carbonyl (C=O) groups excluding carboxylic acids is 3. The summed E-state index contributed by atoms with van der Waals surface area (Å²) in [7, 11) is 0.